The maximum Gasteiger partial charge on any atom is 0.234 e. The van der Waals surface area contributed by atoms with Crippen molar-refractivity contribution in [2.75, 3.05) is 23.6 Å². The number of nitrogens with one attached hydrogen (secondary N) is 2. The summed E-state index contributed by atoms with van der Waals surface area (Å²) in [5.74, 6) is 0.664. The van der Waals surface area contributed by atoms with Crippen LogP contribution in [0.4, 0.5) is 5.82 Å². The minimum atomic E-state index is -3.31. The molecule has 2 heterocycles. The topological polar surface area (TPSA) is 84.0 Å². The molecule has 2 N–H and O–H groups in total. The molecule has 0 amide bonds. The fourth-order valence-electron chi connectivity index (χ4n) is 1.92. The van der Waals surface area contributed by atoms with E-state index in [-0.39, 0.29) is 17.5 Å². The van der Waals surface area contributed by atoms with Crippen molar-refractivity contribution in [1.82, 2.24) is 15.5 Å². The highest BCUT2D eigenvalue weighted by molar-refractivity contribution is 7.92. The third kappa shape index (κ3) is 3.94. The Morgan fingerprint density at radius 3 is 2.82 bits per heavy atom. The zero-order valence-electron chi connectivity index (χ0n) is 9.46. The largest absolute Gasteiger partial charge is 0.317 e. The van der Waals surface area contributed by atoms with Gasteiger partial charge in [0.1, 0.15) is 0 Å². The first-order valence-corrected chi connectivity index (χ1v) is 7.30. The van der Waals surface area contributed by atoms with Crippen LogP contribution in [0.5, 0.6) is 0 Å². The van der Waals surface area contributed by atoms with E-state index in [2.05, 4.69) is 20.2 Å². The van der Waals surface area contributed by atoms with Gasteiger partial charge >= 0.3 is 0 Å². The molecule has 7 heteroatoms. The van der Waals surface area contributed by atoms with E-state index in [9.17, 15) is 8.42 Å². The molecule has 1 aromatic rings. The normalized spacial score (nSPS) is 17.9. The van der Waals surface area contributed by atoms with Crippen molar-refractivity contribution >= 4 is 15.8 Å². The summed E-state index contributed by atoms with van der Waals surface area (Å²) in [5.41, 5.74) is 0. The SMILES string of the molecule is O=S(=O)(CC1CCNCC1)Nc1cccnn1. The molecule has 0 bridgehead atoms. The van der Waals surface area contributed by atoms with Crippen molar-refractivity contribution in [2.45, 2.75) is 12.8 Å². The summed E-state index contributed by atoms with van der Waals surface area (Å²) in [4.78, 5) is 0. The molecule has 17 heavy (non-hydrogen) atoms. The first kappa shape index (κ1) is 12.3. The molecule has 0 aliphatic carbocycles. The van der Waals surface area contributed by atoms with Gasteiger partial charge in [0.15, 0.2) is 5.82 Å². The van der Waals surface area contributed by atoms with Gasteiger partial charge in [-0.3, -0.25) is 4.72 Å². The smallest absolute Gasteiger partial charge is 0.234 e. The Kier molecular flexibility index (Phi) is 3.90. The Morgan fingerprint density at radius 2 is 2.18 bits per heavy atom. The van der Waals surface area contributed by atoms with E-state index in [1.54, 1.807) is 12.1 Å². The lowest BCUT2D eigenvalue weighted by Crippen LogP contribution is -2.33. The lowest BCUT2D eigenvalue weighted by Gasteiger charge is -2.22. The molecule has 2 rings (SSSR count). The fraction of sp³-hybridized carbons (Fsp3) is 0.600. The van der Waals surface area contributed by atoms with Crippen LogP contribution in [0.15, 0.2) is 18.3 Å². The third-order valence-electron chi connectivity index (χ3n) is 2.75. The number of piperidine rings is 1. The molecule has 1 aromatic heterocycles. The molecular weight excluding hydrogens is 240 g/mol. The van der Waals surface area contributed by atoms with E-state index < -0.39 is 10.0 Å². The Morgan fingerprint density at radius 1 is 1.41 bits per heavy atom. The molecule has 1 saturated heterocycles. The molecule has 1 aliphatic rings. The van der Waals surface area contributed by atoms with Crippen LogP contribution in [0, 0.1) is 5.92 Å². The van der Waals surface area contributed by atoms with Gasteiger partial charge < -0.3 is 5.32 Å². The molecular formula is C10H16N4O2S. The molecule has 0 spiro atoms. The maximum absolute atomic E-state index is 11.9. The summed E-state index contributed by atoms with van der Waals surface area (Å²) in [7, 11) is -3.31. The van der Waals surface area contributed by atoms with Crippen LogP contribution >= 0.6 is 0 Å². The molecule has 0 saturated carbocycles. The van der Waals surface area contributed by atoms with Crippen molar-refractivity contribution in [3.05, 3.63) is 18.3 Å². The van der Waals surface area contributed by atoms with Crippen LogP contribution in [0.2, 0.25) is 0 Å². The quantitative estimate of drug-likeness (QED) is 0.805. The van der Waals surface area contributed by atoms with Gasteiger partial charge in [0.2, 0.25) is 10.0 Å². The van der Waals surface area contributed by atoms with Gasteiger partial charge in [-0.2, -0.15) is 5.10 Å². The van der Waals surface area contributed by atoms with Crippen LogP contribution in [0.25, 0.3) is 0 Å². The highest BCUT2D eigenvalue weighted by Gasteiger charge is 2.21. The molecule has 0 aromatic carbocycles. The highest BCUT2D eigenvalue weighted by atomic mass is 32.2. The highest BCUT2D eigenvalue weighted by Crippen LogP contribution is 2.15. The standard InChI is InChI=1S/C10H16N4O2S/c15-17(16,8-9-3-6-11-7-4-9)14-10-2-1-5-12-13-10/h1-2,5,9,11H,3-4,6-8H2,(H,13,14). The molecule has 6 nitrogen and oxygen atoms in total. The minimum Gasteiger partial charge on any atom is -0.317 e. The van der Waals surface area contributed by atoms with Crippen LogP contribution in [-0.4, -0.2) is 37.5 Å². The number of aromatic nitrogens is 2. The van der Waals surface area contributed by atoms with E-state index >= 15 is 0 Å². The summed E-state index contributed by atoms with van der Waals surface area (Å²) >= 11 is 0. The summed E-state index contributed by atoms with van der Waals surface area (Å²) in [6, 6.07) is 3.24. The number of anilines is 1. The molecule has 0 radical (unpaired) electrons. The Hall–Kier alpha value is -1.21. The zero-order valence-corrected chi connectivity index (χ0v) is 10.3. The van der Waals surface area contributed by atoms with Crippen molar-refractivity contribution in [1.29, 1.82) is 0 Å². The van der Waals surface area contributed by atoms with Crippen LogP contribution < -0.4 is 10.0 Å². The van der Waals surface area contributed by atoms with Gasteiger partial charge in [0.05, 0.1) is 5.75 Å². The second kappa shape index (κ2) is 5.42. The van der Waals surface area contributed by atoms with Gasteiger partial charge in [-0.25, -0.2) is 8.42 Å². The zero-order chi connectivity index (χ0) is 12.1. The van der Waals surface area contributed by atoms with Crippen molar-refractivity contribution in [2.24, 2.45) is 5.92 Å². The van der Waals surface area contributed by atoms with Crippen molar-refractivity contribution in [3.63, 3.8) is 0 Å². The van der Waals surface area contributed by atoms with Crippen LogP contribution in [0.3, 0.4) is 0 Å². The summed E-state index contributed by atoms with van der Waals surface area (Å²) in [6.45, 7) is 1.79. The van der Waals surface area contributed by atoms with Gasteiger partial charge in [0, 0.05) is 6.20 Å². The van der Waals surface area contributed by atoms with Crippen molar-refractivity contribution in [3.8, 4) is 0 Å². The minimum absolute atomic E-state index is 0.158. The number of sulfonamides is 1. The first-order valence-electron chi connectivity index (χ1n) is 5.65. The average molecular weight is 256 g/mol. The molecule has 0 atom stereocenters. The van der Waals surface area contributed by atoms with E-state index in [0.29, 0.717) is 0 Å². The molecule has 1 aliphatic heterocycles. The lowest BCUT2D eigenvalue weighted by atomic mass is 10.0. The number of hydrogen-bond donors (Lipinski definition) is 2. The number of rotatable bonds is 4. The average Bonchev–Trinajstić information content (AvgIpc) is 2.30. The van der Waals surface area contributed by atoms with E-state index in [1.807, 2.05) is 0 Å². The Balaban J connectivity index is 1.94. The summed E-state index contributed by atoms with van der Waals surface area (Å²) in [5, 5.41) is 10.5. The van der Waals surface area contributed by atoms with Crippen LogP contribution in [-0.2, 0) is 10.0 Å². The molecule has 0 unspecified atom stereocenters. The monoisotopic (exact) mass is 256 g/mol. The van der Waals surface area contributed by atoms with E-state index in [1.165, 1.54) is 6.20 Å². The lowest BCUT2D eigenvalue weighted by molar-refractivity contribution is 0.402. The summed E-state index contributed by atoms with van der Waals surface area (Å²) < 4.78 is 26.2. The first-order chi connectivity index (χ1) is 8.16. The second-order valence-corrected chi connectivity index (χ2v) is 5.95. The van der Waals surface area contributed by atoms with E-state index in [0.717, 1.165) is 25.9 Å². The molecule has 1 fully saturated rings. The van der Waals surface area contributed by atoms with E-state index in [4.69, 9.17) is 0 Å². The number of hydrogen-bond acceptors (Lipinski definition) is 5. The maximum atomic E-state index is 11.9. The predicted molar refractivity (Wildman–Crippen MR) is 65.0 cm³/mol. The van der Waals surface area contributed by atoms with Gasteiger partial charge in [-0.15, -0.1) is 5.10 Å². The molecule has 94 valence electrons. The van der Waals surface area contributed by atoms with Crippen LogP contribution in [0.1, 0.15) is 12.8 Å². The third-order valence-corrected chi connectivity index (χ3v) is 4.18. The Bertz CT molecular complexity index is 443. The summed E-state index contributed by atoms with van der Waals surface area (Å²) in [6.07, 6.45) is 3.31. The van der Waals surface area contributed by atoms with Crippen molar-refractivity contribution < 1.29 is 8.42 Å². The predicted octanol–water partition coefficient (Wildman–Crippen LogP) is 0.218. The van der Waals surface area contributed by atoms with Gasteiger partial charge in [-0.1, -0.05) is 0 Å². The van der Waals surface area contributed by atoms with Gasteiger partial charge in [-0.05, 0) is 44.0 Å². The second-order valence-electron chi connectivity index (χ2n) is 4.19. The Labute approximate surface area is 101 Å². The fourth-order valence-corrected chi connectivity index (χ4v) is 3.38. The van der Waals surface area contributed by atoms with Gasteiger partial charge in [0.25, 0.3) is 0 Å². The number of nitrogens with zero attached hydrogens (tertiary/aromatic N) is 2.